The Balaban J connectivity index is 2.00. The Morgan fingerprint density at radius 3 is 2.76 bits per heavy atom. The fourth-order valence-electron chi connectivity index (χ4n) is 1.98. The lowest BCUT2D eigenvalue weighted by atomic mass is 10.1. The quantitative estimate of drug-likeness (QED) is 0.820. The summed E-state index contributed by atoms with van der Waals surface area (Å²) in [7, 11) is 0. The van der Waals surface area contributed by atoms with E-state index in [2.05, 4.69) is 10.5 Å². The van der Waals surface area contributed by atoms with Gasteiger partial charge in [0.1, 0.15) is 17.6 Å². The molecule has 2 aromatic rings. The molecule has 0 spiro atoms. The molecule has 0 bridgehead atoms. The van der Waals surface area contributed by atoms with Gasteiger partial charge in [0.05, 0.1) is 6.54 Å². The van der Waals surface area contributed by atoms with Crippen LogP contribution in [0.15, 0.2) is 34.9 Å². The highest BCUT2D eigenvalue weighted by Crippen LogP contribution is 2.19. The molecule has 0 amide bonds. The van der Waals surface area contributed by atoms with Gasteiger partial charge in [-0.2, -0.15) is 0 Å². The molecular weight excluding hydrogens is 275 g/mol. The lowest BCUT2D eigenvalue weighted by Gasteiger charge is -2.11. The van der Waals surface area contributed by atoms with Crippen LogP contribution in [0.1, 0.15) is 25.5 Å². The number of aromatic nitrogens is 1. The number of halogens is 1. The number of hydrogen-bond donors (Lipinski definition) is 2. The van der Waals surface area contributed by atoms with Crippen molar-refractivity contribution in [2.45, 2.75) is 32.4 Å². The normalized spacial score (nSPS) is 12.3. The molecule has 112 valence electrons. The molecule has 0 fully saturated rings. The molecule has 0 aliphatic rings. The first-order valence-corrected chi connectivity index (χ1v) is 6.78. The smallest absolute Gasteiger partial charge is 0.320 e. The lowest BCUT2D eigenvalue weighted by molar-refractivity contribution is -0.139. The van der Waals surface area contributed by atoms with E-state index in [-0.39, 0.29) is 12.4 Å². The maximum absolute atomic E-state index is 12.9. The monoisotopic (exact) mass is 292 g/mol. The summed E-state index contributed by atoms with van der Waals surface area (Å²) in [4.78, 5) is 11.0. The molecule has 2 rings (SSSR count). The number of aliphatic carboxylic acids is 1. The number of benzene rings is 1. The molecule has 21 heavy (non-hydrogen) atoms. The van der Waals surface area contributed by atoms with Gasteiger partial charge in [0.2, 0.25) is 0 Å². The summed E-state index contributed by atoms with van der Waals surface area (Å²) in [5, 5.41) is 15.9. The van der Waals surface area contributed by atoms with E-state index in [1.165, 1.54) is 12.1 Å². The minimum Gasteiger partial charge on any atom is -0.480 e. The third kappa shape index (κ3) is 4.13. The Labute approximate surface area is 121 Å². The van der Waals surface area contributed by atoms with Crippen LogP contribution in [0.4, 0.5) is 4.39 Å². The summed E-state index contributed by atoms with van der Waals surface area (Å²) >= 11 is 0. The van der Waals surface area contributed by atoms with E-state index in [4.69, 9.17) is 9.63 Å². The van der Waals surface area contributed by atoms with Crippen molar-refractivity contribution >= 4 is 5.97 Å². The highest BCUT2D eigenvalue weighted by molar-refractivity contribution is 5.73. The second-order valence-electron chi connectivity index (χ2n) is 4.75. The molecule has 6 heteroatoms. The van der Waals surface area contributed by atoms with Crippen LogP contribution in [-0.2, 0) is 11.3 Å². The van der Waals surface area contributed by atoms with Crippen molar-refractivity contribution in [3.8, 4) is 11.3 Å². The van der Waals surface area contributed by atoms with E-state index >= 15 is 0 Å². The molecule has 0 aliphatic heterocycles. The van der Waals surface area contributed by atoms with E-state index in [1.807, 2.05) is 6.92 Å². The van der Waals surface area contributed by atoms with Crippen molar-refractivity contribution in [2.75, 3.05) is 0 Å². The molecule has 5 nitrogen and oxygen atoms in total. The van der Waals surface area contributed by atoms with Gasteiger partial charge in [-0.1, -0.05) is 18.5 Å². The van der Waals surface area contributed by atoms with E-state index < -0.39 is 12.0 Å². The van der Waals surface area contributed by atoms with Gasteiger partial charge in [0.25, 0.3) is 0 Å². The minimum atomic E-state index is -0.880. The second kappa shape index (κ2) is 6.99. The summed E-state index contributed by atoms with van der Waals surface area (Å²) in [5.74, 6) is -0.653. The molecule has 0 saturated carbocycles. The van der Waals surface area contributed by atoms with Gasteiger partial charge in [-0.15, -0.1) is 0 Å². The van der Waals surface area contributed by atoms with Crippen molar-refractivity contribution in [1.29, 1.82) is 0 Å². The first-order valence-electron chi connectivity index (χ1n) is 6.78. The molecule has 1 aromatic carbocycles. The maximum atomic E-state index is 12.9. The SMILES string of the molecule is CCCC(NCc1cc(-c2ccc(F)cc2)no1)C(=O)O. The summed E-state index contributed by atoms with van der Waals surface area (Å²) in [5.41, 5.74) is 1.34. The Hall–Kier alpha value is -2.21. The molecule has 1 heterocycles. The number of carbonyl (C=O) groups is 1. The zero-order valence-corrected chi connectivity index (χ0v) is 11.7. The topological polar surface area (TPSA) is 75.4 Å². The van der Waals surface area contributed by atoms with Crippen LogP contribution in [-0.4, -0.2) is 22.3 Å². The van der Waals surface area contributed by atoms with Crippen molar-refractivity contribution in [3.63, 3.8) is 0 Å². The fourth-order valence-corrected chi connectivity index (χ4v) is 1.98. The second-order valence-corrected chi connectivity index (χ2v) is 4.75. The van der Waals surface area contributed by atoms with Gasteiger partial charge in [-0.05, 0) is 30.7 Å². The van der Waals surface area contributed by atoms with E-state index in [1.54, 1.807) is 18.2 Å². The standard InChI is InChI=1S/C15H17FN2O3/c1-2-3-13(15(19)20)17-9-12-8-14(18-21-12)10-4-6-11(16)7-5-10/h4-8,13,17H,2-3,9H2,1H3,(H,19,20). The largest absolute Gasteiger partial charge is 0.480 e. The van der Waals surface area contributed by atoms with E-state index in [0.717, 1.165) is 12.0 Å². The Morgan fingerprint density at radius 1 is 1.43 bits per heavy atom. The summed E-state index contributed by atoms with van der Waals surface area (Å²) in [6.07, 6.45) is 1.33. The van der Waals surface area contributed by atoms with Crippen LogP contribution >= 0.6 is 0 Å². The number of nitrogens with one attached hydrogen (secondary N) is 1. The Bertz CT molecular complexity index is 595. The van der Waals surface area contributed by atoms with Crippen molar-refractivity contribution in [1.82, 2.24) is 10.5 Å². The molecule has 1 atom stereocenters. The van der Waals surface area contributed by atoms with Gasteiger partial charge < -0.3 is 9.63 Å². The third-order valence-corrected chi connectivity index (χ3v) is 3.10. The average molecular weight is 292 g/mol. The molecule has 0 saturated heterocycles. The zero-order chi connectivity index (χ0) is 15.2. The number of hydrogen-bond acceptors (Lipinski definition) is 4. The molecule has 1 unspecified atom stereocenters. The van der Waals surface area contributed by atoms with Gasteiger partial charge in [0.15, 0.2) is 5.76 Å². The van der Waals surface area contributed by atoms with Crippen LogP contribution in [0.2, 0.25) is 0 Å². The number of carboxylic acids is 1. The summed E-state index contributed by atoms with van der Waals surface area (Å²) in [6, 6.07) is 7.04. The van der Waals surface area contributed by atoms with E-state index in [0.29, 0.717) is 17.9 Å². The van der Waals surface area contributed by atoms with Gasteiger partial charge >= 0.3 is 5.97 Å². The number of carboxylic acid groups (broad SMARTS) is 1. The molecule has 0 aliphatic carbocycles. The highest BCUT2D eigenvalue weighted by Gasteiger charge is 2.16. The van der Waals surface area contributed by atoms with Gasteiger partial charge in [-0.3, -0.25) is 10.1 Å². The molecular formula is C15H17FN2O3. The summed E-state index contributed by atoms with van der Waals surface area (Å²) < 4.78 is 18.0. The summed E-state index contributed by atoms with van der Waals surface area (Å²) in [6.45, 7) is 2.21. The van der Waals surface area contributed by atoms with Crippen LogP contribution in [0.25, 0.3) is 11.3 Å². The predicted octanol–water partition coefficient (Wildman–Crippen LogP) is 2.82. The first kappa shape index (κ1) is 15.2. The third-order valence-electron chi connectivity index (χ3n) is 3.10. The van der Waals surface area contributed by atoms with Crippen LogP contribution in [0, 0.1) is 5.82 Å². The molecule has 1 aromatic heterocycles. The first-order chi connectivity index (χ1) is 10.1. The van der Waals surface area contributed by atoms with Crippen molar-refractivity contribution in [2.24, 2.45) is 0 Å². The molecule has 0 radical (unpaired) electrons. The minimum absolute atomic E-state index is 0.283. The van der Waals surface area contributed by atoms with Crippen LogP contribution in [0.3, 0.4) is 0 Å². The van der Waals surface area contributed by atoms with Crippen molar-refractivity contribution in [3.05, 3.63) is 41.9 Å². The number of rotatable bonds is 7. The van der Waals surface area contributed by atoms with E-state index in [9.17, 15) is 9.18 Å². The zero-order valence-electron chi connectivity index (χ0n) is 11.7. The van der Waals surface area contributed by atoms with Gasteiger partial charge in [0, 0.05) is 11.6 Å². The number of nitrogens with zero attached hydrogens (tertiary/aromatic N) is 1. The van der Waals surface area contributed by atoms with Crippen molar-refractivity contribution < 1.29 is 18.8 Å². The lowest BCUT2D eigenvalue weighted by Crippen LogP contribution is -2.35. The highest BCUT2D eigenvalue weighted by atomic mass is 19.1. The fraction of sp³-hybridized carbons (Fsp3) is 0.333. The predicted molar refractivity (Wildman–Crippen MR) is 75.1 cm³/mol. The average Bonchev–Trinajstić information content (AvgIpc) is 2.92. The Morgan fingerprint density at radius 2 is 2.14 bits per heavy atom. The molecule has 2 N–H and O–H groups in total. The van der Waals surface area contributed by atoms with Crippen LogP contribution < -0.4 is 5.32 Å². The van der Waals surface area contributed by atoms with Gasteiger partial charge in [-0.25, -0.2) is 4.39 Å². The maximum Gasteiger partial charge on any atom is 0.320 e. The Kier molecular flexibility index (Phi) is 5.05. The van der Waals surface area contributed by atoms with Crippen LogP contribution in [0.5, 0.6) is 0 Å².